The van der Waals surface area contributed by atoms with Crippen LogP contribution in [0.15, 0.2) is 12.2 Å². The summed E-state index contributed by atoms with van der Waals surface area (Å²) in [4.78, 5) is 23.9. The third-order valence-corrected chi connectivity index (χ3v) is 6.07. The Labute approximate surface area is 175 Å². The van der Waals surface area contributed by atoms with Crippen molar-refractivity contribution >= 4 is 11.9 Å². The van der Waals surface area contributed by atoms with E-state index in [-0.39, 0.29) is 43.3 Å². The summed E-state index contributed by atoms with van der Waals surface area (Å²) >= 11 is 0. The van der Waals surface area contributed by atoms with E-state index in [1.165, 1.54) is 0 Å². The molecule has 0 saturated heterocycles. The zero-order valence-electron chi connectivity index (χ0n) is 17.0. The lowest BCUT2D eigenvalue weighted by Crippen LogP contribution is -2.56. The van der Waals surface area contributed by atoms with Gasteiger partial charge in [0.15, 0.2) is 0 Å². The summed E-state index contributed by atoms with van der Waals surface area (Å²) in [6, 6.07) is 0. The first kappa shape index (κ1) is 25.5. The number of esters is 2. The van der Waals surface area contributed by atoms with Crippen molar-refractivity contribution in [1.29, 1.82) is 0 Å². The van der Waals surface area contributed by atoms with Crippen LogP contribution in [0, 0.1) is 17.8 Å². The summed E-state index contributed by atoms with van der Waals surface area (Å²) < 4.78 is 86.1. The monoisotopic (exact) mass is 460 g/mol. The van der Waals surface area contributed by atoms with E-state index in [1.54, 1.807) is 6.92 Å². The summed E-state index contributed by atoms with van der Waals surface area (Å²) in [6.45, 7) is 4.94. The van der Waals surface area contributed by atoms with Crippen LogP contribution >= 0.6 is 0 Å². The highest BCUT2D eigenvalue weighted by molar-refractivity contribution is 5.87. The Bertz CT molecular complexity index is 673. The van der Waals surface area contributed by atoms with Gasteiger partial charge in [0.1, 0.15) is 6.10 Å². The van der Waals surface area contributed by atoms with Gasteiger partial charge in [-0.2, -0.15) is 26.3 Å². The fourth-order valence-corrected chi connectivity index (χ4v) is 4.28. The molecule has 0 spiro atoms. The van der Waals surface area contributed by atoms with Gasteiger partial charge in [-0.15, -0.1) is 0 Å². The Balaban J connectivity index is 1.69. The molecular formula is C20H26F6O5. The Morgan fingerprint density at radius 2 is 1.58 bits per heavy atom. The maximum Gasteiger partial charge on any atom is 0.426 e. The van der Waals surface area contributed by atoms with E-state index in [0.29, 0.717) is 18.4 Å². The van der Waals surface area contributed by atoms with Gasteiger partial charge in [-0.05, 0) is 63.7 Å². The van der Waals surface area contributed by atoms with E-state index >= 15 is 0 Å². The van der Waals surface area contributed by atoms with Crippen LogP contribution in [0.5, 0.6) is 0 Å². The maximum atomic E-state index is 12.6. The van der Waals surface area contributed by atoms with Gasteiger partial charge in [-0.3, -0.25) is 4.79 Å². The van der Waals surface area contributed by atoms with Crippen LogP contribution < -0.4 is 0 Å². The van der Waals surface area contributed by atoms with E-state index in [1.807, 2.05) is 0 Å². The molecule has 5 nitrogen and oxygen atoms in total. The summed E-state index contributed by atoms with van der Waals surface area (Å²) in [6.07, 6.45) is -12.2. The minimum atomic E-state index is -5.82. The Morgan fingerprint density at radius 1 is 0.968 bits per heavy atom. The molecule has 4 atom stereocenters. The first-order valence-corrected chi connectivity index (χ1v) is 10.1. The highest BCUT2D eigenvalue weighted by atomic mass is 19.4. The van der Waals surface area contributed by atoms with Gasteiger partial charge < -0.3 is 14.6 Å². The number of unbranched alkanes of at least 4 members (excludes halogenated alkanes) is 2. The molecule has 0 aromatic carbocycles. The highest BCUT2D eigenvalue weighted by Gasteiger charge is 2.69. The highest BCUT2D eigenvalue weighted by Crippen LogP contribution is 2.50. The van der Waals surface area contributed by atoms with Gasteiger partial charge >= 0.3 is 24.3 Å². The van der Waals surface area contributed by atoms with Crippen molar-refractivity contribution < 1.29 is 50.5 Å². The van der Waals surface area contributed by atoms with Crippen molar-refractivity contribution in [2.24, 2.45) is 17.8 Å². The van der Waals surface area contributed by atoms with Gasteiger partial charge in [0.05, 0.1) is 12.5 Å². The quantitative estimate of drug-likeness (QED) is 0.238. The van der Waals surface area contributed by atoms with Gasteiger partial charge in [0.25, 0.3) is 5.60 Å². The van der Waals surface area contributed by atoms with E-state index in [0.717, 1.165) is 6.42 Å². The van der Waals surface area contributed by atoms with Crippen LogP contribution in [0.25, 0.3) is 0 Å². The molecule has 2 aliphatic rings. The number of alkyl halides is 6. The van der Waals surface area contributed by atoms with Crippen molar-refractivity contribution in [3.63, 3.8) is 0 Å². The molecule has 31 heavy (non-hydrogen) atoms. The number of halogens is 6. The SMILES string of the molecule is C=C(C)C(=O)OC1CC2CC1CC2C(=O)OCCCCCC(O)(C(F)(F)F)C(F)(F)F. The topological polar surface area (TPSA) is 72.8 Å². The van der Waals surface area contributed by atoms with E-state index < -0.39 is 42.7 Å². The lowest BCUT2D eigenvalue weighted by Gasteiger charge is -2.32. The fourth-order valence-electron chi connectivity index (χ4n) is 4.28. The zero-order valence-corrected chi connectivity index (χ0v) is 17.0. The summed E-state index contributed by atoms with van der Waals surface area (Å²) in [5.74, 6) is -1.23. The average Bonchev–Trinajstić information content (AvgIpc) is 3.22. The smallest absolute Gasteiger partial charge is 0.426 e. The standard InChI is InChI=1S/C20H26F6O5/c1-11(2)16(27)31-15-10-12-8-13(15)9-14(12)17(28)30-7-5-3-4-6-18(29,19(21,22)23)20(24,25)26/h12-15,29H,1,3-10H2,2H3. The molecule has 0 aromatic rings. The first-order chi connectivity index (χ1) is 14.2. The van der Waals surface area contributed by atoms with Crippen molar-refractivity contribution in [3.05, 3.63) is 12.2 Å². The van der Waals surface area contributed by atoms with Crippen LogP contribution in [-0.4, -0.2) is 47.7 Å². The molecule has 178 valence electrons. The number of carbonyl (C=O) groups excluding carboxylic acids is 2. The minimum absolute atomic E-state index is 0.00833. The molecule has 0 aliphatic heterocycles. The molecular weight excluding hydrogens is 434 g/mol. The normalized spacial score (nSPS) is 26.1. The lowest BCUT2D eigenvalue weighted by molar-refractivity contribution is -0.370. The molecule has 0 radical (unpaired) electrons. The second-order valence-corrected chi connectivity index (χ2v) is 8.39. The minimum Gasteiger partial charge on any atom is -0.465 e. The molecule has 2 fully saturated rings. The van der Waals surface area contributed by atoms with E-state index in [4.69, 9.17) is 14.6 Å². The molecule has 11 heteroatoms. The van der Waals surface area contributed by atoms with E-state index in [2.05, 4.69) is 6.58 Å². The van der Waals surface area contributed by atoms with Crippen LogP contribution in [-0.2, 0) is 19.1 Å². The zero-order chi connectivity index (χ0) is 23.6. The van der Waals surface area contributed by atoms with Crippen molar-refractivity contribution in [3.8, 4) is 0 Å². The van der Waals surface area contributed by atoms with Gasteiger partial charge in [0.2, 0.25) is 0 Å². The predicted octanol–water partition coefficient (Wildman–Crippen LogP) is 4.48. The maximum absolute atomic E-state index is 12.6. The molecule has 2 aliphatic carbocycles. The van der Waals surface area contributed by atoms with Crippen LogP contribution in [0.1, 0.15) is 51.9 Å². The summed E-state index contributed by atoms with van der Waals surface area (Å²) in [5, 5.41) is 9.07. The number of carbonyl (C=O) groups is 2. The number of fused-ring (bicyclic) bond motifs is 2. The van der Waals surface area contributed by atoms with Gasteiger partial charge in [-0.1, -0.05) is 6.58 Å². The van der Waals surface area contributed by atoms with Gasteiger partial charge in [0, 0.05) is 5.57 Å². The molecule has 2 saturated carbocycles. The second-order valence-electron chi connectivity index (χ2n) is 8.39. The second kappa shape index (κ2) is 9.38. The molecule has 0 aromatic heterocycles. The van der Waals surface area contributed by atoms with Gasteiger partial charge in [-0.25, -0.2) is 4.79 Å². The third kappa shape index (κ3) is 5.72. The lowest BCUT2D eigenvalue weighted by atomic mass is 9.87. The molecule has 1 N–H and O–H groups in total. The first-order valence-electron chi connectivity index (χ1n) is 10.1. The van der Waals surface area contributed by atoms with Crippen LogP contribution in [0.4, 0.5) is 26.3 Å². The number of rotatable bonds is 9. The summed E-state index contributed by atoms with van der Waals surface area (Å²) in [5.41, 5.74) is -4.45. The molecule has 4 unspecified atom stereocenters. The number of ether oxygens (including phenoxy) is 2. The van der Waals surface area contributed by atoms with Crippen molar-refractivity contribution in [2.45, 2.75) is 75.9 Å². The van der Waals surface area contributed by atoms with Crippen LogP contribution in [0.2, 0.25) is 0 Å². The molecule has 2 bridgehead atoms. The molecule has 0 heterocycles. The van der Waals surface area contributed by atoms with Crippen LogP contribution in [0.3, 0.4) is 0 Å². The van der Waals surface area contributed by atoms with Crippen molar-refractivity contribution in [2.75, 3.05) is 6.61 Å². The third-order valence-electron chi connectivity index (χ3n) is 6.07. The summed E-state index contributed by atoms with van der Waals surface area (Å²) in [7, 11) is 0. The molecule has 0 amide bonds. The average molecular weight is 460 g/mol. The number of hydrogen-bond donors (Lipinski definition) is 1. The van der Waals surface area contributed by atoms with E-state index in [9.17, 15) is 35.9 Å². The predicted molar refractivity (Wildman–Crippen MR) is 95.5 cm³/mol. The van der Waals surface area contributed by atoms with Crippen molar-refractivity contribution in [1.82, 2.24) is 0 Å². The molecule has 2 rings (SSSR count). The Morgan fingerprint density at radius 3 is 2.06 bits per heavy atom. The number of hydrogen-bond acceptors (Lipinski definition) is 5. The number of aliphatic hydroxyl groups is 1. The fraction of sp³-hybridized carbons (Fsp3) is 0.800. The largest absolute Gasteiger partial charge is 0.465 e. The Hall–Kier alpha value is -1.78. The Kier molecular flexibility index (Phi) is 7.71.